The van der Waals surface area contributed by atoms with Gasteiger partial charge in [0, 0.05) is 44.5 Å². The first-order valence-corrected chi connectivity index (χ1v) is 9.93. The second-order valence-electron chi connectivity index (χ2n) is 7.21. The van der Waals surface area contributed by atoms with E-state index in [0.29, 0.717) is 5.69 Å². The number of nitrogens with one attached hydrogen (secondary N) is 1. The molecule has 1 saturated heterocycles. The van der Waals surface area contributed by atoms with Crippen molar-refractivity contribution in [3.8, 4) is 11.5 Å². The molecule has 2 aromatic rings. The lowest BCUT2D eigenvalue weighted by Gasteiger charge is -2.34. The Labute approximate surface area is 178 Å². The van der Waals surface area contributed by atoms with Gasteiger partial charge in [0.05, 0.1) is 11.5 Å². The van der Waals surface area contributed by atoms with Crippen LogP contribution < -0.4 is 14.8 Å². The number of amides is 1. The molecule has 2 aromatic carbocycles. The third-order valence-corrected chi connectivity index (χ3v) is 5.42. The Morgan fingerprint density at radius 2 is 1.80 bits per heavy atom. The van der Waals surface area contributed by atoms with Crippen molar-refractivity contribution in [1.82, 2.24) is 9.80 Å². The summed E-state index contributed by atoms with van der Waals surface area (Å²) in [5.41, 5.74) is 1.29. The highest BCUT2D eigenvalue weighted by atomic mass is 35.5. The van der Waals surface area contributed by atoms with Crippen LogP contribution in [-0.2, 0) is 11.3 Å². The van der Waals surface area contributed by atoms with E-state index < -0.39 is 4.92 Å². The van der Waals surface area contributed by atoms with Gasteiger partial charge in [0.25, 0.3) is 5.69 Å². The van der Waals surface area contributed by atoms with Gasteiger partial charge in [-0.15, -0.1) is 0 Å². The number of fused-ring (bicyclic) bond motifs is 1. The van der Waals surface area contributed by atoms with Crippen molar-refractivity contribution in [1.29, 1.82) is 0 Å². The van der Waals surface area contributed by atoms with Crippen LogP contribution in [-0.4, -0.2) is 60.1 Å². The first-order chi connectivity index (χ1) is 14.5. The van der Waals surface area contributed by atoms with Crippen LogP contribution in [0.5, 0.6) is 11.5 Å². The van der Waals surface area contributed by atoms with Gasteiger partial charge in [0.1, 0.15) is 5.02 Å². The lowest BCUT2D eigenvalue weighted by Crippen LogP contribution is -2.48. The Kier molecular flexibility index (Phi) is 6.03. The van der Waals surface area contributed by atoms with Crippen molar-refractivity contribution in [3.63, 3.8) is 0 Å². The van der Waals surface area contributed by atoms with E-state index >= 15 is 0 Å². The van der Waals surface area contributed by atoms with Crippen molar-refractivity contribution >= 4 is 28.9 Å². The van der Waals surface area contributed by atoms with Crippen molar-refractivity contribution in [2.24, 2.45) is 0 Å². The van der Waals surface area contributed by atoms with Crippen LogP contribution in [0.4, 0.5) is 11.4 Å². The summed E-state index contributed by atoms with van der Waals surface area (Å²) in [6, 6.07) is 10.2. The highest BCUT2D eigenvalue weighted by Crippen LogP contribution is 2.33. The minimum absolute atomic E-state index is 0.0385. The molecule has 0 aliphatic carbocycles. The lowest BCUT2D eigenvalue weighted by molar-refractivity contribution is -0.384. The number of carbonyl (C=O) groups excluding carboxylic acids is 1. The molecule has 2 aliphatic rings. The maximum absolute atomic E-state index is 12.3. The third-order valence-electron chi connectivity index (χ3n) is 5.10. The molecule has 0 unspecified atom stereocenters. The second-order valence-corrected chi connectivity index (χ2v) is 7.62. The van der Waals surface area contributed by atoms with Gasteiger partial charge in [-0.05, 0) is 29.8 Å². The number of anilines is 1. The van der Waals surface area contributed by atoms with Crippen molar-refractivity contribution in [2.45, 2.75) is 6.54 Å². The monoisotopic (exact) mass is 432 g/mol. The number of benzene rings is 2. The van der Waals surface area contributed by atoms with E-state index in [1.807, 2.05) is 18.2 Å². The molecule has 1 amide bonds. The van der Waals surface area contributed by atoms with E-state index in [4.69, 9.17) is 21.1 Å². The lowest BCUT2D eigenvalue weighted by atomic mass is 10.1. The molecule has 1 N–H and O–H groups in total. The molecule has 0 aromatic heterocycles. The molecule has 0 saturated carbocycles. The zero-order valence-corrected chi connectivity index (χ0v) is 16.9. The number of nitro benzene ring substituents is 1. The summed E-state index contributed by atoms with van der Waals surface area (Å²) >= 11 is 5.80. The van der Waals surface area contributed by atoms with Gasteiger partial charge in [-0.25, -0.2) is 0 Å². The molecule has 0 spiro atoms. The highest BCUT2D eigenvalue weighted by Gasteiger charge is 2.21. The van der Waals surface area contributed by atoms with E-state index in [9.17, 15) is 14.9 Å². The molecular formula is C20H21ClN4O5. The van der Waals surface area contributed by atoms with Crippen LogP contribution in [0, 0.1) is 10.1 Å². The average Bonchev–Trinajstić information content (AvgIpc) is 3.18. The largest absolute Gasteiger partial charge is 0.454 e. The Hall–Kier alpha value is -2.88. The Morgan fingerprint density at radius 1 is 1.07 bits per heavy atom. The number of ether oxygens (including phenoxy) is 2. The fourth-order valence-electron chi connectivity index (χ4n) is 3.54. The predicted octanol–water partition coefficient (Wildman–Crippen LogP) is 2.73. The number of halogens is 1. The Bertz CT molecular complexity index is 962. The van der Waals surface area contributed by atoms with E-state index in [2.05, 4.69) is 15.1 Å². The normalized spacial score (nSPS) is 16.4. The highest BCUT2D eigenvalue weighted by molar-refractivity contribution is 6.32. The fourth-order valence-corrected chi connectivity index (χ4v) is 3.72. The van der Waals surface area contributed by atoms with Crippen molar-refractivity contribution in [2.75, 3.05) is 44.8 Å². The summed E-state index contributed by atoms with van der Waals surface area (Å²) in [5.74, 6) is 1.35. The number of nitrogens with zero attached hydrogens (tertiary/aromatic N) is 3. The average molecular weight is 433 g/mol. The van der Waals surface area contributed by atoms with E-state index in [1.165, 1.54) is 12.1 Å². The van der Waals surface area contributed by atoms with Crippen molar-refractivity contribution < 1.29 is 19.2 Å². The molecule has 10 heteroatoms. The number of rotatable bonds is 6. The van der Waals surface area contributed by atoms with Crippen LogP contribution >= 0.6 is 11.6 Å². The summed E-state index contributed by atoms with van der Waals surface area (Å²) < 4.78 is 10.8. The van der Waals surface area contributed by atoms with Crippen LogP contribution in [0.3, 0.4) is 0 Å². The smallest absolute Gasteiger partial charge is 0.289 e. The quantitative estimate of drug-likeness (QED) is 0.553. The molecule has 30 heavy (non-hydrogen) atoms. The number of hydrogen-bond acceptors (Lipinski definition) is 7. The van der Waals surface area contributed by atoms with Gasteiger partial charge in [-0.2, -0.15) is 0 Å². The maximum atomic E-state index is 12.3. The topological polar surface area (TPSA) is 97.2 Å². The number of nitro groups is 1. The zero-order valence-electron chi connectivity index (χ0n) is 16.2. The molecule has 2 aliphatic heterocycles. The summed E-state index contributed by atoms with van der Waals surface area (Å²) in [5, 5.41) is 13.7. The summed E-state index contributed by atoms with van der Waals surface area (Å²) in [4.78, 5) is 27.1. The van der Waals surface area contributed by atoms with Crippen LogP contribution in [0.1, 0.15) is 5.56 Å². The first kappa shape index (κ1) is 20.4. The summed E-state index contributed by atoms with van der Waals surface area (Å²) in [6.45, 7) is 4.52. The predicted molar refractivity (Wildman–Crippen MR) is 111 cm³/mol. The number of hydrogen-bond donors (Lipinski definition) is 1. The molecule has 4 rings (SSSR count). The van der Waals surface area contributed by atoms with Crippen LogP contribution in [0.2, 0.25) is 5.02 Å². The molecule has 0 bridgehead atoms. The zero-order chi connectivity index (χ0) is 21.1. The molecule has 0 radical (unpaired) electrons. The van der Waals surface area contributed by atoms with Gasteiger partial charge >= 0.3 is 0 Å². The van der Waals surface area contributed by atoms with Crippen molar-refractivity contribution in [3.05, 3.63) is 57.1 Å². The van der Waals surface area contributed by atoms with Gasteiger partial charge in [0.2, 0.25) is 12.7 Å². The Morgan fingerprint density at radius 3 is 2.57 bits per heavy atom. The first-order valence-electron chi connectivity index (χ1n) is 9.55. The van der Waals surface area contributed by atoms with Gasteiger partial charge < -0.3 is 14.8 Å². The molecule has 9 nitrogen and oxygen atoms in total. The molecule has 158 valence electrons. The van der Waals surface area contributed by atoms with Gasteiger partial charge in [-0.1, -0.05) is 17.7 Å². The third kappa shape index (κ3) is 4.81. The fraction of sp³-hybridized carbons (Fsp3) is 0.350. The molecule has 2 heterocycles. The second kappa shape index (κ2) is 8.86. The van der Waals surface area contributed by atoms with Crippen LogP contribution in [0.25, 0.3) is 0 Å². The van der Waals surface area contributed by atoms with E-state index in [0.717, 1.165) is 49.8 Å². The summed E-state index contributed by atoms with van der Waals surface area (Å²) in [6.07, 6.45) is 0. The summed E-state index contributed by atoms with van der Waals surface area (Å²) in [7, 11) is 0. The molecule has 1 fully saturated rings. The minimum atomic E-state index is -0.572. The molecule has 0 atom stereocenters. The van der Waals surface area contributed by atoms with Gasteiger partial charge in [-0.3, -0.25) is 24.7 Å². The number of carbonyl (C=O) groups is 1. The van der Waals surface area contributed by atoms with E-state index in [1.54, 1.807) is 6.07 Å². The van der Waals surface area contributed by atoms with E-state index in [-0.39, 0.29) is 30.0 Å². The SMILES string of the molecule is O=C(CN1CCN(Cc2ccc3c(c2)OCO3)CC1)Nc1ccc(Cl)c([N+](=O)[O-])c1. The maximum Gasteiger partial charge on any atom is 0.289 e. The Balaban J connectivity index is 1.25. The molecular weight excluding hydrogens is 412 g/mol. The minimum Gasteiger partial charge on any atom is -0.454 e. The van der Waals surface area contributed by atoms with Gasteiger partial charge in [0.15, 0.2) is 11.5 Å². The van der Waals surface area contributed by atoms with Crippen LogP contribution in [0.15, 0.2) is 36.4 Å². The number of piperazine rings is 1. The standard InChI is InChI=1S/C20H21ClN4O5/c21-16-3-2-15(10-17(16)25(27)28)22-20(26)12-24-7-5-23(6-8-24)11-14-1-4-18-19(9-14)30-13-29-18/h1-4,9-10H,5-8,11-13H2,(H,22,26).